The molecule has 0 bridgehead atoms. The molecule has 1 fully saturated rings. The highest BCUT2D eigenvalue weighted by Crippen LogP contribution is 2.40. The Labute approximate surface area is 104 Å². The number of halogens is 1. The average Bonchev–Trinajstić information content (AvgIpc) is 3.10. The zero-order chi connectivity index (χ0) is 12.7. The zero-order valence-electron chi connectivity index (χ0n) is 10.0. The molecule has 2 aromatic rings. The van der Waals surface area contributed by atoms with Crippen LogP contribution in [0.2, 0.25) is 0 Å². The molecule has 1 aliphatic rings. The summed E-state index contributed by atoms with van der Waals surface area (Å²) in [5.74, 6) is 0.470. The molecule has 96 valence electrons. The van der Waals surface area contributed by atoms with Gasteiger partial charge < -0.3 is 15.4 Å². The molecule has 0 aliphatic heterocycles. The predicted molar refractivity (Wildman–Crippen MR) is 66.6 cm³/mol. The maximum Gasteiger partial charge on any atom is 0.127 e. The van der Waals surface area contributed by atoms with Crippen molar-refractivity contribution in [3.63, 3.8) is 0 Å². The SMILES string of the molecule is NC(CCO)c1nc2cc(F)ccc2n1C1CC1. The van der Waals surface area contributed by atoms with Gasteiger partial charge in [-0.3, -0.25) is 0 Å². The van der Waals surface area contributed by atoms with Crippen LogP contribution in [0.15, 0.2) is 18.2 Å². The van der Waals surface area contributed by atoms with Crippen LogP contribution >= 0.6 is 0 Å². The number of aliphatic hydroxyl groups is 1. The van der Waals surface area contributed by atoms with Gasteiger partial charge in [-0.05, 0) is 31.4 Å². The molecule has 1 atom stereocenters. The molecule has 3 N–H and O–H groups in total. The first-order valence-electron chi connectivity index (χ1n) is 6.24. The normalized spacial score (nSPS) is 17.3. The number of rotatable bonds is 4. The first-order valence-corrected chi connectivity index (χ1v) is 6.24. The molecule has 1 unspecified atom stereocenters. The lowest BCUT2D eigenvalue weighted by atomic mass is 10.2. The second-order valence-corrected chi connectivity index (χ2v) is 4.82. The number of nitrogens with two attached hydrogens (primary N) is 1. The van der Waals surface area contributed by atoms with Crippen molar-refractivity contribution in [1.82, 2.24) is 9.55 Å². The fourth-order valence-corrected chi connectivity index (χ4v) is 2.34. The van der Waals surface area contributed by atoms with Crippen molar-refractivity contribution in [1.29, 1.82) is 0 Å². The van der Waals surface area contributed by atoms with E-state index in [0.717, 1.165) is 24.2 Å². The maximum atomic E-state index is 13.2. The molecular weight excluding hydrogens is 233 g/mol. The van der Waals surface area contributed by atoms with Crippen molar-refractivity contribution in [2.45, 2.75) is 31.3 Å². The van der Waals surface area contributed by atoms with Crippen LogP contribution in [0.1, 0.15) is 37.2 Å². The standard InChI is InChI=1S/C13H16FN3O/c14-8-1-4-12-11(7-8)16-13(10(15)5-6-18)17(12)9-2-3-9/h1,4,7,9-10,18H,2-3,5-6,15H2. The van der Waals surface area contributed by atoms with E-state index in [2.05, 4.69) is 9.55 Å². The minimum Gasteiger partial charge on any atom is -0.396 e. The summed E-state index contributed by atoms with van der Waals surface area (Å²) in [5, 5.41) is 8.99. The minimum absolute atomic E-state index is 0.0312. The summed E-state index contributed by atoms with van der Waals surface area (Å²) in [6, 6.07) is 4.77. The molecule has 4 nitrogen and oxygen atoms in total. The van der Waals surface area contributed by atoms with E-state index in [9.17, 15) is 4.39 Å². The number of hydrogen-bond acceptors (Lipinski definition) is 3. The van der Waals surface area contributed by atoms with E-state index in [-0.39, 0.29) is 18.5 Å². The summed E-state index contributed by atoms with van der Waals surface area (Å²) in [6.45, 7) is 0.0312. The van der Waals surface area contributed by atoms with E-state index in [1.165, 1.54) is 12.1 Å². The Hall–Kier alpha value is -1.46. The third-order valence-electron chi connectivity index (χ3n) is 3.36. The monoisotopic (exact) mass is 249 g/mol. The van der Waals surface area contributed by atoms with Crippen molar-refractivity contribution in [2.24, 2.45) is 5.73 Å². The third-order valence-corrected chi connectivity index (χ3v) is 3.36. The number of hydrogen-bond donors (Lipinski definition) is 2. The second kappa shape index (κ2) is 4.33. The Bertz CT molecular complexity index is 577. The Morgan fingerprint density at radius 1 is 1.50 bits per heavy atom. The number of fused-ring (bicyclic) bond motifs is 1. The van der Waals surface area contributed by atoms with Crippen molar-refractivity contribution >= 4 is 11.0 Å². The van der Waals surface area contributed by atoms with Gasteiger partial charge in [-0.1, -0.05) is 0 Å². The van der Waals surface area contributed by atoms with Crippen LogP contribution in [-0.2, 0) is 0 Å². The summed E-state index contributed by atoms with van der Waals surface area (Å²) in [4.78, 5) is 4.44. The quantitative estimate of drug-likeness (QED) is 0.869. The highest BCUT2D eigenvalue weighted by molar-refractivity contribution is 5.76. The fraction of sp³-hybridized carbons (Fsp3) is 0.462. The topological polar surface area (TPSA) is 64.1 Å². The van der Waals surface area contributed by atoms with Crippen molar-refractivity contribution in [2.75, 3.05) is 6.61 Å². The molecule has 0 amide bonds. The van der Waals surface area contributed by atoms with Crippen molar-refractivity contribution in [3.05, 3.63) is 29.8 Å². The fourth-order valence-electron chi connectivity index (χ4n) is 2.34. The molecular formula is C13H16FN3O. The van der Waals surface area contributed by atoms with Crippen LogP contribution in [0, 0.1) is 5.82 Å². The van der Waals surface area contributed by atoms with Gasteiger partial charge in [0.15, 0.2) is 0 Å². The molecule has 1 heterocycles. The van der Waals surface area contributed by atoms with Gasteiger partial charge in [0.1, 0.15) is 11.6 Å². The molecule has 0 spiro atoms. The van der Waals surface area contributed by atoms with E-state index in [1.807, 2.05) is 0 Å². The van der Waals surface area contributed by atoms with Gasteiger partial charge in [0.2, 0.25) is 0 Å². The van der Waals surface area contributed by atoms with Gasteiger partial charge in [-0.15, -0.1) is 0 Å². The average molecular weight is 249 g/mol. The number of aliphatic hydroxyl groups excluding tert-OH is 1. The van der Waals surface area contributed by atoms with Gasteiger partial charge in [0, 0.05) is 18.7 Å². The van der Waals surface area contributed by atoms with Gasteiger partial charge in [-0.25, -0.2) is 9.37 Å². The lowest BCUT2D eigenvalue weighted by Gasteiger charge is -2.13. The van der Waals surface area contributed by atoms with E-state index in [0.29, 0.717) is 18.0 Å². The van der Waals surface area contributed by atoms with Crippen LogP contribution in [0.25, 0.3) is 11.0 Å². The molecule has 5 heteroatoms. The number of imidazole rings is 1. The summed E-state index contributed by atoms with van der Waals surface area (Å²) in [7, 11) is 0. The Balaban J connectivity index is 2.14. The van der Waals surface area contributed by atoms with Gasteiger partial charge in [0.05, 0.1) is 17.1 Å². The molecule has 1 aromatic carbocycles. The lowest BCUT2D eigenvalue weighted by molar-refractivity contribution is 0.273. The Kier molecular flexibility index (Phi) is 2.80. The summed E-state index contributed by atoms with van der Waals surface area (Å²) < 4.78 is 15.3. The van der Waals surface area contributed by atoms with Gasteiger partial charge in [0.25, 0.3) is 0 Å². The van der Waals surface area contributed by atoms with E-state index >= 15 is 0 Å². The minimum atomic E-state index is -0.300. The van der Waals surface area contributed by atoms with Gasteiger partial charge in [-0.2, -0.15) is 0 Å². The largest absolute Gasteiger partial charge is 0.396 e. The Morgan fingerprint density at radius 3 is 2.94 bits per heavy atom. The summed E-state index contributed by atoms with van der Waals surface area (Å²) >= 11 is 0. The first kappa shape index (κ1) is 11.6. The van der Waals surface area contributed by atoms with Crippen molar-refractivity contribution < 1.29 is 9.50 Å². The zero-order valence-corrected chi connectivity index (χ0v) is 10.0. The second-order valence-electron chi connectivity index (χ2n) is 4.82. The van der Waals surface area contributed by atoms with Crippen LogP contribution in [0.4, 0.5) is 4.39 Å². The van der Waals surface area contributed by atoms with E-state index in [1.54, 1.807) is 6.07 Å². The molecule has 3 rings (SSSR count). The number of nitrogens with zero attached hydrogens (tertiary/aromatic N) is 2. The summed E-state index contributed by atoms with van der Waals surface area (Å²) in [5.41, 5.74) is 7.61. The van der Waals surface area contributed by atoms with Crippen LogP contribution in [-0.4, -0.2) is 21.3 Å². The number of aromatic nitrogens is 2. The Morgan fingerprint density at radius 2 is 2.28 bits per heavy atom. The molecule has 0 saturated heterocycles. The molecule has 1 aromatic heterocycles. The van der Waals surface area contributed by atoms with E-state index < -0.39 is 0 Å². The van der Waals surface area contributed by atoms with E-state index in [4.69, 9.17) is 10.8 Å². The summed E-state index contributed by atoms with van der Waals surface area (Å²) in [6.07, 6.45) is 2.70. The highest BCUT2D eigenvalue weighted by Gasteiger charge is 2.29. The van der Waals surface area contributed by atoms with Crippen molar-refractivity contribution in [3.8, 4) is 0 Å². The number of benzene rings is 1. The van der Waals surface area contributed by atoms with Crippen LogP contribution < -0.4 is 5.73 Å². The maximum absolute atomic E-state index is 13.2. The third kappa shape index (κ3) is 1.89. The predicted octanol–water partition coefficient (Wildman–Crippen LogP) is 1.89. The first-order chi connectivity index (χ1) is 8.70. The smallest absolute Gasteiger partial charge is 0.127 e. The van der Waals surface area contributed by atoms with Crippen LogP contribution in [0.3, 0.4) is 0 Å². The highest BCUT2D eigenvalue weighted by atomic mass is 19.1. The van der Waals surface area contributed by atoms with Crippen LogP contribution in [0.5, 0.6) is 0 Å². The molecule has 1 saturated carbocycles. The molecule has 0 radical (unpaired) electrons. The molecule has 1 aliphatic carbocycles. The lowest BCUT2D eigenvalue weighted by Crippen LogP contribution is -2.17. The molecule has 18 heavy (non-hydrogen) atoms. The van der Waals surface area contributed by atoms with Gasteiger partial charge >= 0.3 is 0 Å².